The van der Waals surface area contributed by atoms with Gasteiger partial charge >= 0.3 is 0 Å². The second-order valence-electron chi connectivity index (χ2n) is 5.04. The van der Waals surface area contributed by atoms with Crippen LogP contribution in [0.1, 0.15) is 25.5 Å². The first-order chi connectivity index (χ1) is 10.2. The lowest BCUT2D eigenvalue weighted by atomic mass is 10.2. The summed E-state index contributed by atoms with van der Waals surface area (Å²) in [6.07, 6.45) is 4.66. The van der Waals surface area contributed by atoms with E-state index in [2.05, 4.69) is 10.3 Å². The lowest BCUT2D eigenvalue weighted by Gasteiger charge is -2.10. The third-order valence-corrected chi connectivity index (χ3v) is 3.21. The molecule has 1 unspecified atom stereocenters. The molecule has 0 fully saturated rings. The quantitative estimate of drug-likeness (QED) is 0.801. The summed E-state index contributed by atoms with van der Waals surface area (Å²) in [5, 5.41) is 12.7. The summed E-state index contributed by atoms with van der Waals surface area (Å²) in [6, 6.07) is 11.8. The Balaban J connectivity index is 1.97. The zero-order valence-corrected chi connectivity index (χ0v) is 12.1. The molecule has 0 saturated carbocycles. The highest BCUT2D eigenvalue weighted by molar-refractivity contribution is 5.92. The van der Waals surface area contributed by atoms with E-state index in [1.807, 2.05) is 43.3 Å². The third kappa shape index (κ3) is 4.68. The van der Waals surface area contributed by atoms with Gasteiger partial charge in [-0.1, -0.05) is 24.3 Å². The van der Waals surface area contributed by atoms with Crippen molar-refractivity contribution >= 4 is 22.9 Å². The highest BCUT2D eigenvalue weighted by atomic mass is 16.2. The van der Waals surface area contributed by atoms with Gasteiger partial charge in [0.05, 0.1) is 11.2 Å². The number of carbonyl (C=O) groups is 1. The Hall–Kier alpha value is -2.20. The summed E-state index contributed by atoms with van der Waals surface area (Å²) in [5.74, 6) is -0.143. The Morgan fingerprint density at radius 3 is 2.95 bits per heavy atom. The number of pyridine rings is 1. The minimum atomic E-state index is -0.143. The van der Waals surface area contributed by atoms with Gasteiger partial charge in [-0.2, -0.15) is 0 Å². The van der Waals surface area contributed by atoms with E-state index in [4.69, 9.17) is 5.11 Å². The van der Waals surface area contributed by atoms with Crippen molar-refractivity contribution in [1.29, 1.82) is 0 Å². The molecule has 110 valence electrons. The minimum absolute atomic E-state index is 0.0545. The lowest BCUT2D eigenvalue weighted by molar-refractivity contribution is -0.117. The zero-order chi connectivity index (χ0) is 15.1. The van der Waals surface area contributed by atoms with Crippen molar-refractivity contribution < 1.29 is 9.90 Å². The molecule has 0 saturated heterocycles. The van der Waals surface area contributed by atoms with E-state index in [9.17, 15) is 4.79 Å². The van der Waals surface area contributed by atoms with Gasteiger partial charge in [0.15, 0.2) is 0 Å². The van der Waals surface area contributed by atoms with Crippen LogP contribution < -0.4 is 5.32 Å². The van der Waals surface area contributed by atoms with Crippen LogP contribution in [-0.2, 0) is 4.79 Å². The number of para-hydroxylation sites is 1. The van der Waals surface area contributed by atoms with Crippen molar-refractivity contribution in [1.82, 2.24) is 10.3 Å². The van der Waals surface area contributed by atoms with Gasteiger partial charge in [0.1, 0.15) is 0 Å². The van der Waals surface area contributed by atoms with Crippen LogP contribution in [0.3, 0.4) is 0 Å². The molecule has 0 aliphatic carbocycles. The van der Waals surface area contributed by atoms with Gasteiger partial charge in [-0.25, -0.2) is 4.98 Å². The average Bonchev–Trinajstić information content (AvgIpc) is 2.50. The average molecular weight is 284 g/mol. The van der Waals surface area contributed by atoms with Gasteiger partial charge in [0.25, 0.3) is 0 Å². The van der Waals surface area contributed by atoms with Gasteiger partial charge in [-0.15, -0.1) is 0 Å². The number of aliphatic hydroxyl groups is 1. The van der Waals surface area contributed by atoms with Crippen LogP contribution in [0.5, 0.6) is 0 Å². The van der Waals surface area contributed by atoms with Crippen molar-refractivity contribution in [3.8, 4) is 0 Å². The molecule has 0 aliphatic rings. The van der Waals surface area contributed by atoms with E-state index in [0.717, 1.165) is 23.0 Å². The first kappa shape index (κ1) is 15.2. The molecule has 1 aromatic heterocycles. The van der Waals surface area contributed by atoms with Crippen LogP contribution in [0.4, 0.5) is 0 Å². The first-order valence-electron chi connectivity index (χ1n) is 7.14. The largest absolute Gasteiger partial charge is 0.396 e. The smallest absolute Gasteiger partial charge is 0.244 e. The Labute approximate surface area is 124 Å². The number of carbonyl (C=O) groups excluding carboxylic acids is 1. The second kappa shape index (κ2) is 7.55. The van der Waals surface area contributed by atoms with E-state index in [1.165, 1.54) is 6.08 Å². The summed E-state index contributed by atoms with van der Waals surface area (Å²) < 4.78 is 0. The van der Waals surface area contributed by atoms with Gasteiger partial charge in [0.2, 0.25) is 5.91 Å². The molecule has 1 atom stereocenters. The number of hydrogen-bond acceptors (Lipinski definition) is 3. The highest BCUT2D eigenvalue weighted by Crippen LogP contribution is 2.12. The van der Waals surface area contributed by atoms with Crippen molar-refractivity contribution in [2.45, 2.75) is 25.8 Å². The normalized spacial score (nSPS) is 12.7. The SMILES string of the molecule is CC(CCCO)NC(=O)/C=C/c1ccc2ccccc2n1. The summed E-state index contributed by atoms with van der Waals surface area (Å²) >= 11 is 0. The van der Waals surface area contributed by atoms with Crippen LogP contribution in [0.25, 0.3) is 17.0 Å². The third-order valence-electron chi connectivity index (χ3n) is 3.21. The predicted octanol–water partition coefficient (Wildman–Crippen LogP) is 2.53. The topological polar surface area (TPSA) is 62.2 Å². The fourth-order valence-corrected chi connectivity index (χ4v) is 2.10. The van der Waals surface area contributed by atoms with Crippen LogP contribution in [-0.4, -0.2) is 28.6 Å². The molecule has 1 amide bonds. The highest BCUT2D eigenvalue weighted by Gasteiger charge is 2.04. The van der Waals surface area contributed by atoms with E-state index >= 15 is 0 Å². The Bertz CT molecular complexity index is 637. The molecule has 0 spiro atoms. The molecule has 0 bridgehead atoms. The number of rotatable bonds is 6. The molecule has 4 nitrogen and oxygen atoms in total. The molecule has 2 rings (SSSR count). The Morgan fingerprint density at radius 2 is 2.14 bits per heavy atom. The number of aliphatic hydroxyl groups excluding tert-OH is 1. The van der Waals surface area contributed by atoms with Gasteiger partial charge in [-0.3, -0.25) is 4.79 Å². The van der Waals surface area contributed by atoms with E-state index in [-0.39, 0.29) is 18.6 Å². The number of benzene rings is 1. The number of amides is 1. The fourth-order valence-electron chi connectivity index (χ4n) is 2.10. The summed E-state index contributed by atoms with van der Waals surface area (Å²) in [5.41, 5.74) is 1.67. The van der Waals surface area contributed by atoms with Crippen LogP contribution in [0.15, 0.2) is 42.5 Å². The number of aromatic nitrogens is 1. The maximum atomic E-state index is 11.8. The molecule has 1 heterocycles. The second-order valence-corrected chi connectivity index (χ2v) is 5.04. The predicted molar refractivity (Wildman–Crippen MR) is 84.7 cm³/mol. The molecule has 0 radical (unpaired) electrons. The molecule has 1 aromatic carbocycles. The fraction of sp³-hybridized carbons (Fsp3) is 0.294. The van der Waals surface area contributed by atoms with E-state index < -0.39 is 0 Å². The van der Waals surface area contributed by atoms with Crippen LogP contribution in [0.2, 0.25) is 0 Å². The summed E-state index contributed by atoms with van der Waals surface area (Å²) in [7, 11) is 0. The first-order valence-corrected chi connectivity index (χ1v) is 7.14. The Morgan fingerprint density at radius 1 is 1.33 bits per heavy atom. The molecule has 4 heteroatoms. The summed E-state index contributed by atoms with van der Waals surface area (Å²) in [6.45, 7) is 2.08. The van der Waals surface area contributed by atoms with Crippen LogP contribution in [0, 0.1) is 0 Å². The van der Waals surface area contributed by atoms with E-state index in [0.29, 0.717) is 6.42 Å². The number of fused-ring (bicyclic) bond motifs is 1. The zero-order valence-electron chi connectivity index (χ0n) is 12.1. The monoisotopic (exact) mass is 284 g/mol. The van der Waals surface area contributed by atoms with Gasteiger partial charge < -0.3 is 10.4 Å². The van der Waals surface area contributed by atoms with Gasteiger partial charge in [0, 0.05) is 24.1 Å². The number of nitrogens with zero attached hydrogens (tertiary/aromatic N) is 1. The maximum Gasteiger partial charge on any atom is 0.244 e. The molecular formula is C17H20N2O2. The molecule has 0 aliphatic heterocycles. The van der Waals surface area contributed by atoms with E-state index in [1.54, 1.807) is 6.08 Å². The van der Waals surface area contributed by atoms with Crippen molar-refractivity contribution in [2.75, 3.05) is 6.61 Å². The van der Waals surface area contributed by atoms with Crippen molar-refractivity contribution in [2.24, 2.45) is 0 Å². The molecule has 2 N–H and O–H groups in total. The van der Waals surface area contributed by atoms with Gasteiger partial charge in [-0.05, 0) is 38.0 Å². The standard InChI is InChI=1S/C17H20N2O2/c1-13(5-4-12-20)18-17(21)11-10-15-9-8-14-6-2-3-7-16(14)19-15/h2-3,6-11,13,20H,4-5,12H2,1H3,(H,18,21)/b11-10+. The lowest BCUT2D eigenvalue weighted by Crippen LogP contribution is -2.31. The minimum Gasteiger partial charge on any atom is -0.396 e. The molecule has 2 aromatic rings. The van der Waals surface area contributed by atoms with Crippen molar-refractivity contribution in [3.63, 3.8) is 0 Å². The number of hydrogen-bond donors (Lipinski definition) is 2. The summed E-state index contributed by atoms with van der Waals surface area (Å²) in [4.78, 5) is 16.2. The number of nitrogens with one attached hydrogen (secondary N) is 1. The van der Waals surface area contributed by atoms with Crippen molar-refractivity contribution in [3.05, 3.63) is 48.2 Å². The maximum absolute atomic E-state index is 11.8. The Kier molecular flexibility index (Phi) is 5.46. The van der Waals surface area contributed by atoms with Crippen LogP contribution >= 0.6 is 0 Å². The molecule has 21 heavy (non-hydrogen) atoms. The molecular weight excluding hydrogens is 264 g/mol.